The number of amides is 3. The summed E-state index contributed by atoms with van der Waals surface area (Å²) in [6.07, 6.45) is 1.31. The van der Waals surface area contributed by atoms with Crippen LogP contribution in [-0.4, -0.2) is 40.1 Å². The fourth-order valence-electron chi connectivity index (χ4n) is 1.51. The number of carbonyl (C=O) groups excluding carboxylic acids is 2. The van der Waals surface area contributed by atoms with Crippen LogP contribution in [0.2, 0.25) is 0 Å². The largest absolute Gasteiger partial charge is 0.476 e. The number of nitrogens with one attached hydrogen (secondary N) is 3. The maximum Gasteiger partial charge on any atom is 0.356 e. The molecular weight excluding hydrogens is 276 g/mol. The van der Waals surface area contributed by atoms with Gasteiger partial charge in [-0.25, -0.2) is 14.6 Å². The van der Waals surface area contributed by atoms with E-state index in [9.17, 15) is 14.4 Å². The molecule has 0 aromatic carbocycles. The van der Waals surface area contributed by atoms with Gasteiger partial charge >= 0.3 is 12.0 Å². The number of aromatic nitrogens is 1. The van der Waals surface area contributed by atoms with Crippen LogP contribution in [0.15, 0.2) is 18.3 Å². The van der Waals surface area contributed by atoms with E-state index in [2.05, 4.69) is 20.9 Å². The first-order chi connectivity index (χ1) is 9.81. The van der Waals surface area contributed by atoms with Gasteiger partial charge in [-0.15, -0.1) is 0 Å². The van der Waals surface area contributed by atoms with Gasteiger partial charge in [-0.2, -0.15) is 0 Å². The topological polar surface area (TPSA) is 120 Å². The lowest BCUT2D eigenvalue weighted by molar-refractivity contribution is -0.123. The third-order valence-electron chi connectivity index (χ3n) is 2.43. The minimum atomic E-state index is -1.25. The quantitative estimate of drug-likeness (QED) is 0.640. The molecule has 0 aliphatic heterocycles. The first-order valence-electron chi connectivity index (χ1n) is 6.37. The molecule has 0 fully saturated rings. The molecule has 8 heteroatoms. The van der Waals surface area contributed by atoms with Gasteiger partial charge in [0.2, 0.25) is 5.91 Å². The molecule has 0 radical (unpaired) electrons. The Morgan fingerprint density at radius 3 is 2.43 bits per heavy atom. The fourth-order valence-corrected chi connectivity index (χ4v) is 1.51. The molecular formula is C13H18N4O4. The van der Waals surface area contributed by atoms with E-state index >= 15 is 0 Å². The average Bonchev–Trinajstić information content (AvgIpc) is 2.37. The van der Waals surface area contributed by atoms with E-state index in [-0.39, 0.29) is 23.3 Å². The van der Waals surface area contributed by atoms with Gasteiger partial charge in [0.1, 0.15) is 6.04 Å². The number of carboxylic acid groups (broad SMARTS) is 1. The number of pyridine rings is 1. The minimum absolute atomic E-state index is 0.0400. The van der Waals surface area contributed by atoms with Crippen molar-refractivity contribution in [2.24, 2.45) is 0 Å². The summed E-state index contributed by atoms with van der Waals surface area (Å²) < 4.78 is 0. The van der Waals surface area contributed by atoms with E-state index in [1.54, 1.807) is 13.8 Å². The second-order valence-corrected chi connectivity index (χ2v) is 4.69. The van der Waals surface area contributed by atoms with E-state index in [0.29, 0.717) is 0 Å². The zero-order valence-electron chi connectivity index (χ0n) is 12.0. The van der Waals surface area contributed by atoms with Gasteiger partial charge in [0.25, 0.3) is 0 Å². The van der Waals surface area contributed by atoms with E-state index < -0.39 is 18.0 Å². The smallest absolute Gasteiger partial charge is 0.356 e. The molecule has 0 spiro atoms. The van der Waals surface area contributed by atoms with Crippen molar-refractivity contribution >= 4 is 23.6 Å². The Morgan fingerprint density at radius 1 is 1.19 bits per heavy atom. The number of urea groups is 1. The van der Waals surface area contributed by atoms with Crippen molar-refractivity contribution in [3.63, 3.8) is 0 Å². The Kier molecular flexibility index (Phi) is 5.65. The molecule has 1 aromatic rings. The molecule has 1 rings (SSSR count). The number of rotatable bonds is 5. The molecule has 0 bridgehead atoms. The Labute approximate surface area is 121 Å². The lowest BCUT2D eigenvalue weighted by Gasteiger charge is -2.16. The molecule has 4 N–H and O–H groups in total. The van der Waals surface area contributed by atoms with E-state index in [1.165, 1.54) is 25.3 Å². The summed E-state index contributed by atoms with van der Waals surface area (Å²) in [6.45, 7) is 5.14. The lowest BCUT2D eigenvalue weighted by Crippen LogP contribution is -2.48. The third kappa shape index (κ3) is 5.09. The van der Waals surface area contributed by atoms with Gasteiger partial charge in [-0.05, 0) is 32.9 Å². The predicted octanol–water partition coefficient (Wildman–Crippen LogP) is 0.814. The number of nitrogens with zero attached hydrogens (tertiary/aromatic N) is 1. The molecule has 0 saturated heterocycles. The molecule has 0 aliphatic carbocycles. The summed E-state index contributed by atoms with van der Waals surface area (Å²) in [5.41, 5.74) is -0.217. The molecule has 8 nitrogen and oxygen atoms in total. The number of hydrogen-bond acceptors (Lipinski definition) is 4. The molecule has 3 amide bonds. The highest BCUT2D eigenvalue weighted by molar-refractivity contribution is 5.99. The fraction of sp³-hybridized carbons (Fsp3) is 0.385. The van der Waals surface area contributed by atoms with Crippen molar-refractivity contribution in [3.8, 4) is 0 Å². The monoisotopic (exact) mass is 294 g/mol. The van der Waals surface area contributed by atoms with Crippen molar-refractivity contribution in [2.75, 3.05) is 5.32 Å². The summed E-state index contributed by atoms with van der Waals surface area (Å²) in [4.78, 5) is 38.0. The van der Waals surface area contributed by atoms with Gasteiger partial charge in [0.15, 0.2) is 5.69 Å². The molecule has 1 aromatic heterocycles. The lowest BCUT2D eigenvalue weighted by atomic mass is 10.2. The highest BCUT2D eigenvalue weighted by Crippen LogP contribution is 2.11. The van der Waals surface area contributed by atoms with Crippen LogP contribution in [0.1, 0.15) is 31.3 Å². The van der Waals surface area contributed by atoms with E-state index in [1.807, 2.05) is 0 Å². The SMILES string of the molecule is CC(C)NC(=O)C(C)NC(=O)Nc1cccnc1C(=O)O. The molecule has 1 atom stereocenters. The van der Waals surface area contributed by atoms with Crippen LogP contribution < -0.4 is 16.0 Å². The first kappa shape index (κ1) is 16.4. The number of anilines is 1. The van der Waals surface area contributed by atoms with Crippen molar-refractivity contribution in [1.29, 1.82) is 0 Å². The normalized spacial score (nSPS) is 11.6. The number of carbonyl (C=O) groups is 3. The standard InChI is InChI=1S/C13H18N4O4/c1-7(2)15-11(18)8(3)16-13(21)17-9-5-4-6-14-10(9)12(19)20/h4-8H,1-3H3,(H,15,18)(H,19,20)(H2,16,17,21). The van der Waals surface area contributed by atoms with Gasteiger partial charge < -0.3 is 21.1 Å². The molecule has 0 aliphatic rings. The Morgan fingerprint density at radius 2 is 1.86 bits per heavy atom. The van der Waals surface area contributed by atoms with Crippen LogP contribution in [0.3, 0.4) is 0 Å². The zero-order valence-corrected chi connectivity index (χ0v) is 12.0. The van der Waals surface area contributed by atoms with Crippen molar-refractivity contribution in [2.45, 2.75) is 32.9 Å². The summed E-state index contributed by atoms with van der Waals surface area (Å²) in [7, 11) is 0. The van der Waals surface area contributed by atoms with E-state index in [4.69, 9.17) is 5.11 Å². The summed E-state index contributed by atoms with van der Waals surface area (Å²) in [5, 5.41) is 16.4. The maximum absolute atomic E-state index is 11.8. The summed E-state index contributed by atoms with van der Waals surface area (Å²) in [5.74, 6) is -1.58. The van der Waals surface area contributed by atoms with E-state index in [0.717, 1.165) is 0 Å². The van der Waals surface area contributed by atoms with Crippen molar-refractivity contribution < 1.29 is 19.5 Å². The Bertz CT molecular complexity index is 545. The van der Waals surface area contributed by atoms with Crippen LogP contribution in [0.4, 0.5) is 10.5 Å². The van der Waals surface area contributed by atoms with Crippen LogP contribution in [0.5, 0.6) is 0 Å². The Hall–Kier alpha value is -2.64. The molecule has 1 heterocycles. The third-order valence-corrected chi connectivity index (χ3v) is 2.43. The summed E-state index contributed by atoms with van der Waals surface area (Å²) in [6, 6.07) is 1.43. The van der Waals surface area contributed by atoms with Gasteiger partial charge in [-0.3, -0.25) is 4.79 Å². The highest BCUT2D eigenvalue weighted by atomic mass is 16.4. The van der Waals surface area contributed by atoms with Crippen molar-refractivity contribution in [1.82, 2.24) is 15.6 Å². The predicted molar refractivity (Wildman–Crippen MR) is 76.1 cm³/mol. The zero-order chi connectivity index (χ0) is 16.0. The second-order valence-electron chi connectivity index (χ2n) is 4.69. The highest BCUT2D eigenvalue weighted by Gasteiger charge is 2.18. The average molecular weight is 294 g/mol. The molecule has 21 heavy (non-hydrogen) atoms. The molecule has 114 valence electrons. The van der Waals surface area contributed by atoms with Gasteiger partial charge in [-0.1, -0.05) is 0 Å². The maximum atomic E-state index is 11.8. The minimum Gasteiger partial charge on any atom is -0.476 e. The van der Waals surface area contributed by atoms with Crippen LogP contribution >= 0.6 is 0 Å². The first-order valence-corrected chi connectivity index (χ1v) is 6.37. The number of hydrogen-bond donors (Lipinski definition) is 4. The van der Waals surface area contributed by atoms with Crippen LogP contribution in [0, 0.1) is 0 Å². The number of aromatic carboxylic acids is 1. The number of carboxylic acids is 1. The van der Waals surface area contributed by atoms with Crippen molar-refractivity contribution in [3.05, 3.63) is 24.0 Å². The second kappa shape index (κ2) is 7.22. The Balaban J connectivity index is 2.66. The van der Waals surface area contributed by atoms with Gasteiger partial charge in [0, 0.05) is 12.2 Å². The molecule has 1 unspecified atom stereocenters. The van der Waals surface area contributed by atoms with Crippen LogP contribution in [-0.2, 0) is 4.79 Å². The summed E-state index contributed by atoms with van der Waals surface area (Å²) >= 11 is 0. The molecule has 0 saturated carbocycles. The van der Waals surface area contributed by atoms with Gasteiger partial charge in [0.05, 0.1) is 5.69 Å². The van der Waals surface area contributed by atoms with Crippen LogP contribution in [0.25, 0.3) is 0 Å².